The first-order valence-electron chi connectivity index (χ1n) is 12.5. The number of unbranched alkanes of at least 4 members (excludes halogenated alkanes) is 1. The fourth-order valence-electron chi connectivity index (χ4n) is 4.15. The quantitative estimate of drug-likeness (QED) is 0.210. The van der Waals surface area contributed by atoms with Gasteiger partial charge in [0.05, 0.1) is 16.7 Å². The van der Waals surface area contributed by atoms with Crippen LogP contribution in [0.4, 0.5) is 0 Å². The summed E-state index contributed by atoms with van der Waals surface area (Å²) in [5, 5.41) is 10.2. The average Bonchev–Trinajstić information content (AvgIpc) is 3.35. The molecule has 7 heteroatoms. The van der Waals surface area contributed by atoms with E-state index in [9.17, 15) is 13.5 Å². The molecule has 4 aromatic rings. The minimum atomic E-state index is -3.63. The van der Waals surface area contributed by atoms with Crippen molar-refractivity contribution in [1.29, 1.82) is 0 Å². The molecule has 6 nitrogen and oxygen atoms in total. The Kier molecular flexibility index (Phi) is 8.70. The molecule has 188 valence electrons. The zero-order valence-corrected chi connectivity index (χ0v) is 21.3. The molecule has 36 heavy (non-hydrogen) atoms. The first kappa shape index (κ1) is 25.8. The lowest BCUT2D eigenvalue weighted by Gasteiger charge is -2.12. The third-order valence-electron chi connectivity index (χ3n) is 6.18. The van der Waals surface area contributed by atoms with Crippen molar-refractivity contribution in [2.75, 3.05) is 6.54 Å². The maximum absolute atomic E-state index is 12.8. The SMILES string of the molecule is CCCCC(O)c1ccc(S(=O)(=O)NCCCc2[nH]c(-c3ccccc3)nc2-c2ccccc2)cc1. The maximum Gasteiger partial charge on any atom is 0.240 e. The van der Waals surface area contributed by atoms with Gasteiger partial charge in [-0.05, 0) is 37.0 Å². The monoisotopic (exact) mass is 503 g/mol. The molecule has 4 rings (SSSR count). The van der Waals surface area contributed by atoms with Gasteiger partial charge < -0.3 is 10.1 Å². The number of hydrogen-bond donors (Lipinski definition) is 3. The van der Waals surface area contributed by atoms with E-state index in [1.54, 1.807) is 24.3 Å². The van der Waals surface area contributed by atoms with Crippen LogP contribution in [-0.2, 0) is 16.4 Å². The van der Waals surface area contributed by atoms with Crippen molar-refractivity contribution in [3.05, 3.63) is 96.2 Å². The highest BCUT2D eigenvalue weighted by atomic mass is 32.2. The number of benzene rings is 3. The van der Waals surface area contributed by atoms with E-state index in [4.69, 9.17) is 4.98 Å². The van der Waals surface area contributed by atoms with Crippen LogP contribution >= 0.6 is 0 Å². The Bertz CT molecular complexity index is 1340. The van der Waals surface area contributed by atoms with Gasteiger partial charge in [0.2, 0.25) is 10.0 Å². The highest BCUT2D eigenvalue weighted by Gasteiger charge is 2.16. The molecule has 0 saturated carbocycles. The maximum atomic E-state index is 12.8. The number of imidazole rings is 1. The van der Waals surface area contributed by atoms with E-state index < -0.39 is 16.1 Å². The van der Waals surface area contributed by atoms with Crippen LogP contribution in [0.1, 0.15) is 50.0 Å². The van der Waals surface area contributed by atoms with Crippen molar-refractivity contribution >= 4 is 10.0 Å². The van der Waals surface area contributed by atoms with E-state index in [1.807, 2.05) is 60.7 Å². The molecule has 1 atom stereocenters. The van der Waals surface area contributed by atoms with E-state index >= 15 is 0 Å². The largest absolute Gasteiger partial charge is 0.388 e. The van der Waals surface area contributed by atoms with Crippen LogP contribution in [0.25, 0.3) is 22.6 Å². The van der Waals surface area contributed by atoms with Gasteiger partial charge in [0.15, 0.2) is 0 Å². The second-order valence-electron chi connectivity index (χ2n) is 8.87. The van der Waals surface area contributed by atoms with Crippen LogP contribution in [0.5, 0.6) is 0 Å². The smallest absolute Gasteiger partial charge is 0.240 e. The zero-order chi connectivity index (χ0) is 25.4. The Morgan fingerprint density at radius 3 is 2.17 bits per heavy atom. The van der Waals surface area contributed by atoms with Gasteiger partial charge in [-0.25, -0.2) is 18.1 Å². The molecule has 0 aliphatic rings. The average molecular weight is 504 g/mol. The van der Waals surface area contributed by atoms with Gasteiger partial charge >= 0.3 is 0 Å². The summed E-state index contributed by atoms with van der Waals surface area (Å²) in [5.41, 5.74) is 4.63. The molecular formula is C29H33N3O3S. The number of aliphatic hydroxyl groups is 1. The fourth-order valence-corrected chi connectivity index (χ4v) is 5.22. The lowest BCUT2D eigenvalue weighted by Crippen LogP contribution is -2.25. The molecule has 0 radical (unpaired) electrons. The number of aromatic amines is 1. The Hall–Kier alpha value is -3.26. The third kappa shape index (κ3) is 6.49. The van der Waals surface area contributed by atoms with Crippen LogP contribution in [0.3, 0.4) is 0 Å². The lowest BCUT2D eigenvalue weighted by molar-refractivity contribution is 0.164. The van der Waals surface area contributed by atoms with Gasteiger partial charge in [-0.3, -0.25) is 0 Å². The number of rotatable bonds is 12. The van der Waals surface area contributed by atoms with Crippen LogP contribution < -0.4 is 4.72 Å². The summed E-state index contributed by atoms with van der Waals surface area (Å²) in [6.07, 6.45) is 3.30. The van der Waals surface area contributed by atoms with E-state index in [1.165, 1.54) is 0 Å². The standard InChI is InChI=1S/C29H33N3O3S/c1-2-3-16-27(33)22-17-19-25(20-18-22)36(34,35)30-21-10-15-26-28(23-11-6-4-7-12-23)32-29(31-26)24-13-8-5-9-14-24/h4-9,11-14,17-20,27,30,33H,2-3,10,15-16,21H2,1H3,(H,31,32). The summed E-state index contributed by atoms with van der Waals surface area (Å²) < 4.78 is 28.3. The Morgan fingerprint density at radius 2 is 1.53 bits per heavy atom. The number of nitrogens with one attached hydrogen (secondary N) is 2. The Morgan fingerprint density at radius 1 is 0.889 bits per heavy atom. The normalized spacial score (nSPS) is 12.5. The molecule has 0 amide bonds. The van der Waals surface area contributed by atoms with E-state index in [0.717, 1.165) is 46.7 Å². The molecule has 3 N–H and O–H groups in total. The number of aliphatic hydroxyl groups excluding tert-OH is 1. The zero-order valence-electron chi connectivity index (χ0n) is 20.5. The number of hydrogen-bond acceptors (Lipinski definition) is 4. The van der Waals surface area contributed by atoms with Crippen molar-refractivity contribution in [2.45, 2.75) is 50.0 Å². The molecule has 1 aromatic heterocycles. The molecule has 0 fully saturated rings. The number of aryl methyl sites for hydroxylation is 1. The third-order valence-corrected chi connectivity index (χ3v) is 7.65. The summed E-state index contributed by atoms with van der Waals surface area (Å²) in [7, 11) is -3.63. The lowest BCUT2D eigenvalue weighted by atomic mass is 10.0. The summed E-state index contributed by atoms with van der Waals surface area (Å²) in [4.78, 5) is 8.50. The number of aromatic nitrogens is 2. The first-order chi connectivity index (χ1) is 17.5. The minimum Gasteiger partial charge on any atom is -0.388 e. The Balaban J connectivity index is 1.41. The fraction of sp³-hybridized carbons (Fsp3) is 0.276. The molecule has 0 bridgehead atoms. The summed E-state index contributed by atoms with van der Waals surface area (Å²) in [6.45, 7) is 2.38. The second-order valence-corrected chi connectivity index (χ2v) is 10.6. The highest BCUT2D eigenvalue weighted by Crippen LogP contribution is 2.27. The van der Waals surface area contributed by atoms with Crippen molar-refractivity contribution in [3.63, 3.8) is 0 Å². The van der Waals surface area contributed by atoms with Crippen molar-refractivity contribution in [3.8, 4) is 22.6 Å². The molecule has 3 aromatic carbocycles. The number of sulfonamides is 1. The van der Waals surface area contributed by atoms with Crippen molar-refractivity contribution in [1.82, 2.24) is 14.7 Å². The van der Waals surface area contributed by atoms with Gasteiger partial charge in [0.1, 0.15) is 5.82 Å². The first-order valence-corrected chi connectivity index (χ1v) is 13.9. The predicted molar refractivity (Wildman–Crippen MR) is 144 cm³/mol. The van der Waals surface area contributed by atoms with Crippen LogP contribution in [-0.4, -0.2) is 30.0 Å². The van der Waals surface area contributed by atoms with Gasteiger partial charge in [-0.2, -0.15) is 0 Å². The van der Waals surface area contributed by atoms with Crippen LogP contribution in [0.2, 0.25) is 0 Å². The van der Waals surface area contributed by atoms with Crippen molar-refractivity contribution < 1.29 is 13.5 Å². The van der Waals surface area contributed by atoms with Gasteiger partial charge in [0, 0.05) is 23.4 Å². The molecule has 0 spiro atoms. The number of nitrogens with zero attached hydrogens (tertiary/aromatic N) is 1. The Labute approximate surface area is 213 Å². The minimum absolute atomic E-state index is 0.201. The summed E-state index contributed by atoms with van der Waals surface area (Å²) in [6, 6.07) is 26.5. The second kappa shape index (κ2) is 12.1. The topological polar surface area (TPSA) is 95.1 Å². The number of H-pyrrole nitrogens is 1. The van der Waals surface area contributed by atoms with Gasteiger partial charge in [-0.1, -0.05) is 92.6 Å². The molecule has 0 saturated heterocycles. The molecule has 0 aliphatic heterocycles. The van der Waals surface area contributed by atoms with E-state index in [0.29, 0.717) is 25.8 Å². The van der Waals surface area contributed by atoms with Crippen molar-refractivity contribution in [2.24, 2.45) is 0 Å². The summed E-state index contributed by atoms with van der Waals surface area (Å²) in [5.74, 6) is 0.797. The highest BCUT2D eigenvalue weighted by molar-refractivity contribution is 7.89. The summed E-state index contributed by atoms with van der Waals surface area (Å²) >= 11 is 0. The van der Waals surface area contributed by atoms with E-state index in [-0.39, 0.29) is 4.90 Å². The van der Waals surface area contributed by atoms with Crippen LogP contribution in [0, 0.1) is 0 Å². The molecule has 1 heterocycles. The van der Waals surface area contributed by atoms with Gasteiger partial charge in [-0.15, -0.1) is 0 Å². The molecular weight excluding hydrogens is 470 g/mol. The molecule has 1 unspecified atom stereocenters. The predicted octanol–water partition coefficient (Wildman–Crippen LogP) is 5.88. The van der Waals surface area contributed by atoms with Crippen LogP contribution in [0.15, 0.2) is 89.8 Å². The van der Waals surface area contributed by atoms with E-state index in [2.05, 4.69) is 16.6 Å². The molecule has 0 aliphatic carbocycles. The van der Waals surface area contributed by atoms with Gasteiger partial charge in [0.25, 0.3) is 0 Å².